The predicted molar refractivity (Wildman–Crippen MR) is 158 cm³/mol. The van der Waals surface area contributed by atoms with E-state index < -0.39 is 41.0 Å². The van der Waals surface area contributed by atoms with Crippen molar-refractivity contribution >= 4 is 0 Å². The van der Waals surface area contributed by atoms with Crippen molar-refractivity contribution in [2.24, 2.45) is 0 Å². The molecule has 30 heteroatoms. The van der Waals surface area contributed by atoms with Crippen molar-refractivity contribution in [2.75, 3.05) is 52.4 Å². The number of aromatic nitrogens is 4. The van der Waals surface area contributed by atoms with Gasteiger partial charge >= 0.3 is 34.1 Å². The summed E-state index contributed by atoms with van der Waals surface area (Å²) in [6.07, 6.45) is 7.47. The summed E-state index contributed by atoms with van der Waals surface area (Å²) in [5.74, 6) is 0. The standard InChI is InChI=1S/2C16H20N4.4ClHO4.2Cu/c2*1-3-7-17-15(5-1)13-19-9-11-20(12-10-19)14-16-6-2-4-8-18-16;4*2-1(3,4)5;;/h2*1-8H,9-14H2;4*(H,2,3,4,5);;/q;;;;;;2*+2/p-4. The van der Waals surface area contributed by atoms with Gasteiger partial charge in [-0.15, -0.1) is 41.0 Å². The number of piperazine rings is 2. The van der Waals surface area contributed by atoms with E-state index >= 15 is 0 Å². The van der Waals surface area contributed by atoms with Gasteiger partial charge in [-0.05, 0) is 48.5 Å². The first kappa shape index (κ1) is 62.1. The van der Waals surface area contributed by atoms with E-state index in [1.165, 1.54) is 0 Å². The molecule has 0 N–H and O–H groups in total. The number of nitrogens with zero attached hydrogens (tertiary/aromatic N) is 8. The number of hydrogen-bond acceptors (Lipinski definition) is 24. The van der Waals surface area contributed by atoms with E-state index in [-0.39, 0.29) is 34.1 Å². The number of halogens is 4. The zero-order valence-corrected chi connectivity index (χ0v) is 36.9. The minimum atomic E-state index is -4.94. The molecule has 0 aliphatic carbocycles. The maximum absolute atomic E-state index is 8.49. The Labute approximate surface area is 386 Å². The molecule has 4 aromatic heterocycles. The maximum Gasteiger partial charge on any atom is 2.00 e. The Hall–Kier alpha value is -2.00. The first-order chi connectivity index (χ1) is 27.8. The monoisotopic (exact) mass is 1060 g/mol. The smallest absolute Gasteiger partial charge is 0.295 e. The van der Waals surface area contributed by atoms with Crippen molar-refractivity contribution in [3.8, 4) is 0 Å². The van der Waals surface area contributed by atoms with Gasteiger partial charge in [0.2, 0.25) is 0 Å². The molecular weight excluding hydrogens is 1020 g/mol. The molecule has 2 aliphatic heterocycles. The van der Waals surface area contributed by atoms with E-state index in [2.05, 4.69) is 88.1 Å². The van der Waals surface area contributed by atoms with E-state index in [0.717, 1.165) is 101 Å². The summed E-state index contributed by atoms with van der Waals surface area (Å²) < 4.78 is 136. The molecule has 0 spiro atoms. The topological polar surface area (TPSA) is 433 Å². The van der Waals surface area contributed by atoms with E-state index in [4.69, 9.17) is 74.5 Å². The first-order valence-corrected chi connectivity index (χ1v) is 21.7. The van der Waals surface area contributed by atoms with Gasteiger partial charge in [0.15, 0.2) is 0 Å². The van der Waals surface area contributed by atoms with Crippen LogP contribution in [0.3, 0.4) is 0 Å². The van der Waals surface area contributed by atoms with E-state index in [0.29, 0.717) is 0 Å². The van der Waals surface area contributed by atoms with Gasteiger partial charge in [0.25, 0.3) is 0 Å². The molecule has 0 aromatic carbocycles. The molecule has 2 aliphatic rings. The van der Waals surface area contributed by atoms with Crippen LogP contribution in [0.15, 0.2) is 97.6 Å². The van der Waals surface area contributed by atoms with Gasteiger partial charge in [-0.1, -0.05) is 24.3 Å². The second kappa shape index (κ2) is 32.6. The third kappa shape index (κ3) is 43.3. The van der Waals surface area contributed by atoms with Gasteiger partial charge in [0.05, 0.1) is 22.8 Å². The summed E-state index contributed by atoms with van der Waals surface area (Å²) in [7, 11) is -19.8. The van der Waals surface area contributed by atoms with Crippen LogP contribution < -0.4 is 74.5 Å². The quantitative estimate of drug-likeness (QED) is 0.148. The average molecular weight is 1060 g/mol. The van der Waals surface area contributed by atoms with Crippen LogP contribution in [-0.2, 0) is 60.3 Å². The minimum Gasteiger partial charge on any atom is -0.295 e. The Kier molecular flexibility index (Phi) is 32.7. The zero-order valence-electron chi connectivity index (χ0n) is 31.9. The van der Waals surface area contributed by atoms with Crippen molar-refractivity contribution in [3.05, 3.63) is 120 Å². The molecule has 354 valence electrons. The fourth-order valence-electron chi connectivity index (χ4n) is 5.09. The maximum atomic E-state index is 8.49. The number of hydrogen-bond donors (Lipinski definition) is 0. The van der Waals surface area contributed by atoms with Gasteiger partial charge in [-0.3, -0.25) is 39.5 Å². The van der Waals surface area contributed by atoms with Crippen LogP contribution in [-0.4, -0.2) is 91.9 Å². The molecular formula is C32H40Cl4Cu2N8O16. The Balaban J connectivity index is 0. The molecule has 62 heavy (non-hydrogen) atoms. The van der Waals surface area contributed by atoms with Gasteiger partial charge in [-0.25, -0.2) is 74.5 Å². The molecule has 0 amide bonds. The average Bonchev–Trinajstić information content (AvgIpc) is 3.13. The summed E-state index contributed by atoms with van der Waals surface area (Å²) in [5, 5.41) is 0. The fourth-order valence-corrected chi connectivity index (χ4v) is 5.09. The van der Waals surface area contributed by atoms with Gasteiger partial charge in [0.1, 0.15) is 0 Å². The molecule has 6 heterocycles. The third-order valence-corrected chi connectivity index (χ3v) is 7.38. The van der Waals surface area contributed by atoms with Crippen LogP contribution >= 0.6 is 0 Å². The molecule has 4 aromatic rings. The Morgan fingerprint density at radius 2 is 0.452 bits per heavy atom. The Bertz CT molecular complexity index is 1380. The SMILES string of the molecule is [Cu+2].[Cu+2].[O-][Cl+3]([O-])([O-])[O-].[O-][Cl+3]([O-])([O-])[O-].[O-][Cl+3]([O-])([O-])[O-].[O-][Cl+3]([O-])([O-])[O-].c1ccc(CN2CCN(Cc3ccccn3)CC2)nc1.c1ccc(CN2CCN(Cc3ccccn3)CC2)nc1. The summed E-state index contributed by atoms with van der Waals surface area (Å²) in [6.45, 7) is 12.6. The Morgan fingerprint density at radius 1 is 0.306 bits per heavy atom. The van der Waals surface area contributed by atoms with Gasteiger partial charge < -0.3 is 0 Å². The minimum absolute atomic E-state index is 0. The molecule has 0 saturated carbocycles. The molecule has 2 saturated heterocycles. The van der Waals surface area contributed by atoms with Gasteiger partial charge in [-0.2, -0.15) is 0 Å². The fraction of sp³-hybridized carbons (Fsp3) is 0.375. The van der Waals surface area contributed by atoms with Crippen LogP contribution in [0.4, 0.5) is 0 Å². The number of pyridine rings is 4. The van der Waals surface area contributed by atoms with Crippen LogP contribution in [0.1, 0.15) is 22.8 Å². The predicted octanol–water partition coefficient (Wildman–Crippen LogP) is -15.4. The summed E-state index contributed by atoms with van der Waals surface area (Å²) in [4.78, 5) is 27.5. The zero-order chi connectivity index (χ0) is 45.2. The molecule has 0 atom stereocenters. The normalized spacial score (nSPS) is 15.0. The second-order valence-electron chi connectivity index (χ2n) is 11.9. The van der Waals surface area contributed by atoms with E-state index in [1.54, 1.807) is 0 Å². The van der Waals surface area contributed by atoms with E-state index in [1.807, 2.05) is 49.1 Å². The molecule has 24 nitrogen and oxygen atoms in total. The third-order valence-electron chi connectivity index (χ3n) is 7.38. The largest absolute Gasteiger partial charge is 2.00 e. The van der Waals surface area contributed by atoms with Crippen molar-refractivity contribution in [2.45, 2.75) is 26.2 Å². The van der Waals surface area contributed by atoms with Crippen molar-refractivity contribution < 1.29 is 150 Å². The summed E-state index contributed by atoms with van der Waals surface area (Å²) >= 11 is 0. The summed E-state index contributed by atoms with van der Waals surface area (Å²) in [5.41, 5.74) is 4.63. The molecule has 0 bridgehead atoms. The van der Waals surface area contributed by atoms with Crippen molar-refractivity contribution in [1.29, 1.82) is 0 Å². The summed E-state index contributed by atoms with van der Waals surface area (Å²) in [6, 6.07) is 24.5. The van der Waals surface area contributed by atoms with Gasteiger partial charge in [0, 0.05) is 103 Å². The van der Waals surface area contributed by atoms with Crippen molar-refractivity contribution in [3.63, 3.8) is 0 Å². The molecule has 2 radical (unpaired) electrons. The first-order valence-electron chi connectivity index (χ1n) is 16.8. The Morgan fingerprint density at radius 3 is 0.565 bits per heavy atom. The molecule has 0 unspecified atom stereocenters. The number of rotatable bonds is 8. The molecule has 6 rings (SSSR count). The van der Waals surface area contributed by atoms with Crippen molar-refractivity contribution in [1.82, 2.24) is 39.5 Å². The van der Waals surface area contributed by atoms with E-state index in [9.17, 15) is 0 Å². The van der Waals surface area contributed by atoms with Crippen LogP contribution in [0.2, 0.25) is 0 Å². The van der Waals surface area contributed by atoms with Crippen LogP contribution in [0.5, 0.6) is 0 Å². The van der Waals surface area contributed by atoms with Crippen LogP contribution in [0, 0.1) is 41.0 Å². The van der Waals surface area contributed by atoms with Crippen LogP contribution in [0.25, 0.3) is 0 Å². The second-order valence-corrected chi connectivity index (χ2v) is 14.9. The molecule has 2 fully saturated rings.